The summed E-state index contributed by atoms with van der Waals surface area (Å²) in [5, 5.41) is 22.1. The van der Waals surface area contributed by atoms with Gasteiger partial charge in [0.2, 0.25) is 0 Å². The monoisotopic (exact) mass is 552 g/mol. The summed E-state index contributed by atoms with van der Waals surface area (Å²) in [5.74, 6) is -0.612. The number of aliphatic hydroxyl groups excluding tert-OH is 2. The van der Waals surface area contributed by atoms with E-state index in [-0.39, 0.29) is 11.8 Å². The standard InChI is InChI=1S/C34H52N2O4/c37-26-17-13-9-5-1-3-7-11-15-24-36(25-16-12-8-4-2-6-10-14-18-27-38)31-23-22-30-32-28(31)20-19-21-29(32)33(39)35-34(30)40/h19-23,37-38H,1-18,24-27H2,(H,35,39,40). The van der Waals surface area contributed by atoms with Crippen molar-refractivity contribution in [2.75, 3.05) is 31.2 Å². The molecule has 1 aliphatic rings. The number of carbonyl (C=O) groups is 2. The van der Waals surface area contributed by atoms with E-state index < -0.39 is 0 Å². The molecular formula is C34H52N2O4. The predicted octanol–water partition coefficient (Wildman–Crippen LogP) is 7.54. The summed E-state index contributed by atoms with van der Waals surface area (Å²) in [4.78, 5) is 27.6. The minimum Gasteiger partial charge on any atom is -0.396 e. The maximum absolute atomic E-state index is 12.5. The lowest BCUT2D eigenvalue weighted by Gasteiger charge is -2.28. The first kappa shape index (κ1) is 32.1. The van der Waals surface area contributed by atoms with Crippen LogP contribution in [0.4, 0.5) is 5.69 Å². The van der Waals surface area contributed by atoms with Crippen LogP contribution in [-0.2, 0) is 0 Å². The van der Waals surface area contributed by atoms with Crippen LogP contribution in [0.15, 0.2) is 30.3 Å². The fraction of sp³-hybridized carbons (Fsp3) is 0.647. The second-order valence-electron chi connectivity index (χ2n) is 11.4. The number of nitrogens with one attached hydrogen (secondary N) is 1. The maximum atomic E-state index is 12.5. The number of hydrogen-bond donors (Lipinski definition) is 3. The summed E-state index contributed by atoms with van der Waals surface area (Å²) < 4.78 is 0. The molecule has 222 valence electrons. The van der Waals surface area contributed by atoms with E-state index in [9.17, 15) is 9.59 Å². The zero-order valence-electron chi connectivity index (χ0n) is 24.6. The van der Waals surface area contributed by atoms with Crippen molar-refractivity contribution in [3.8, 4) is 0 Å². The summed E-state index contributed by atoms with van der Waals surface area (Å²) in [5.41, 5.74) is 2.31. The largest absolute Gasteiger partial charge is 0.396 e. The number of benzene rings is 2. The third kappa shape index (κ3) is 10.2. The van der Waals surface area contributed by atoms with Gasteiger partial charge in [-0.25, -0.2) is 0 Å². The van der Waals surface area contributed by atoms with Gasteiger partial charge in [0, 0.05) is 53.9 Å². The van der Waals surface area contributed by atoms with E-state index in [0.717, 1.165) is 68.1 Å². The van der Waals surface area contributed by atoms with Crippen LogP contribution in [-0.4, -0.2) is 48.3 Å². The van der Waals surface area contributed by atoms with E-state index in [1.807, 2.05) is 18.2 Å². The number of carbonyl (C=O) groups excluding carboxylic acids is 2. The first-order valence-electron chi connectivity index (χ1n) is 16.1. The molecule has 0 unspecified atom stereocenters. The van der Waals surface area contributed by atoms with Gasteiger partial charge in [-0.2, -0.15) is 0 Å². The Balaban J connectivity index is 1.55. The van der Waals surface area contributed by atoms with Crippen LogP contribution < -0.4 is 10.2 Å². The molecule has 3 N–H and O–H groups in total. The van der Waals surface area contributed by atoms with Crippen LogP contribution in [0.2, 0.25) is 0 Å². The lowest BCUT2D eigenvalue weighted by molar-refractivity contribution is 0.0845. The lowest BCUT2D eigenvalue weighted by atomic mass is 9.93. The summed E-state index contributed by atoms with van der Waals surface area (Å²) in [6, 6.07) is 9.78. The molecule has 0 bridgehead atoms. The molecule has 0 saturated carbocycles. The van der Waals surface area contributed by atoms with Crippen molar-refractivity contribution in [3.63, 3.8) is 0 Å². The SMILES string of the molecule is O=C1NC(=O)c2ccc(N(CCCCCCCCCCCO)CCCCCCCCCCCO)c3cccc1c23. The second kappa shape index (κ2) is 18.8. The molecule has 0 aliphatic carbocycles. The molecule has 1 heterocycles. The van der Waals surface area contributed by atoms with E-state index in [1.165, 1.54) is 77.0 Å². The molecule has 6 heteroatoms. The van der Waals surface area contributed by atoms with Gasteiger partial charge in [-0.15, -0.1) is 0 Å². The molecule has 1 aliphatic heterocycles. The zero-order chi connectivity index (χ0) is 28.4. The average Bonchev–Trinajstić information content (AvgIpc) is 2.96. The first-order chi connectivity index (χ1) is 19.7. The highest BCUT2D eigenvalue weighted by atomic mass is 16.3. The Labute approximate surface area is 241 Å². The Bertz CT molecular complexity index is 994. The molecule has 0 saturated heterocycles. The van der Waals surface area contributed by atoms with Gasteiger partial charge >= 0.3 is 0 Å². The topological polar surface area (TPSA) is 89.9 Å². The smallest absolute Gasteiger partial charge is 0.258 e. The molecule has 0 radical (unpaired) electrons. The number of anilines is 1. The molecule has 0 atom stereocenters. The Morgan fingerprint density at radius 1 is 0.525 bits per heavy atom. The number of imide groups is 1. The van der Waals surface area contributed by atoms with Gasteiger partial charge in [-0.05, 0) is 43.9 Å². The average molecular weight is 553 g/mol. The molecule has 2 aromatic rings. The molecule has 2 amide bonds. The van der Waals surface area contributed by atoms with Gasteiger partial charge in [0.25, 0.3) is 11.8 Å². The van der Waals surface area contributed by atoms with Crippen LogP contribution in [0.1, 0.15) is 136 Å². The van der Waals surface area contributed by atoms with Gasteiger partial charge in [0.15, 0.2) is 0 Å². The third-order valence-electron chi connectivity index (χ3n) is 8.25. The summed E-state index contributed by atoms with van der Waals surface area (Å²) in [6.45, 7) is 2.59. The minimum atomic E-state index is -0.306. The molecule has 6 nitrogen and oxygen atoms in total. The molecule has 40 heavy (non-hydrogen) atoms. The van der Waals surface area contributed by atoms with Crippen molar-refractivity contribution in [2.24, 2.45) is 0 Å². The van der Waals surface area contributed by atoms with Crippen molar-refractivity contribution >= 4 is 28.3 Å². The third-order valence-corrected chi connectivity index (χ3v) is 8.25. The molecule has 0 aromatic heterocycles. The number of nitrogens with zero attached hydrogens (tertiary/aromatic N) is 1. The zero-order valence-corrected chi connectivity index (χ0v) is 24.6. The quantitative estimate of drug-likeness (QED) is 0.0979. The van der Waals surface area contributed by atoms with Crippen molar-refractivity contribution in [1.29, 1.82) is 0 Å². The van der Waals surface area contributed by atoms with Crippen LogP contribution in [0.25, 0.3) is 10.8 Å². The Hall–Kier alpha value is -2.44. The maximum Gasteiger partial charge on any atom is 0.258 e. The van der Waals surface area contributed by atoms with Gasteiger partial charge in [-0.3, -0.25) is 14.9 Å². The van der Waals surface area contributed by atoms with Crippen molar-refractivity contribution in [3.05, 3.63) is 41.5 Å². The highest BCUT2D eigenvalue weighted by molar-refractivity contribution is 6.26. The van der Waals surface area contributed by atoms with Gasteiger partial charge in [0.1, 0.15) is 0 Å². The molecule has 0 spiro atoms. The fourth-order valence-corrected chi connectivity index (χ4v) is 5.94. The van der Waals surface area contributed by atoms with Gasteiger partial charge < -0.3 is 15.1 Å². The normalized spacial score (nSPS) is 12.8. The second-order valence-corrected chi connectivity index (χ2v) is 11.4. The molecule has 2 aromatic carbocycles. The summed E-state index contributed by atoms with van der Waals surface area (Å²) in [7, 11) is 0. The fourth-order valence-electron chi connectivity index (χ4n) is 5.94. The highest BCUT2D eigenvalue weighted by Gasteiger charge is 2.26. The summed E-state index contributed by atoms with van der Waals surface area (Å²) >= 11 is 0. The number of amides is 2. The highest BCUT2D eigenvalue weighted by Crippen LogP contribution is 2.34. The molecular weight excluding hydrogens is 500 g/mol. The number of unbranched alkanes of at least 4 members (excludes halogenated alkanes) is 16. The minimum absolute atomic E-state index is 0.306. The van der Waals surface area contributed by atoms with Crippen molar-refractivity contribution < 1.29 is 19.8 Å². The predicted molar refractivity (Wildman–Crippen MR) is 165 cm³/mol. The van der Waals surface area contributed by atoms with Gasteiger partial charge in [-0.1, -0.05) is 102 Å². The van der Waals surface area contributed by atoms with E-state index >= 15 is 0 Å². The van der Waals surface area contributed by atoms with Crippen molar-refractivity contribution in [2.45, 2.75) is 116 Å². The number of hydrogen-bond acceptors (Lipinski definition) is 5. The Morgan fingerprint density at radius 3 is 1.43 bits per heavy atom. The van der Waals surface area contributed by atoms with Crippen LogP contribution in [0.5, 0.6) is 0 Å². The number of aliphatic hydroxyl groups is 2. The molecule has 3 rings (SSSR count). The first-order valence-corrected chi connectivity index (χ1v) is 16.1. The summed E-state index contributed by atoms with van der Waals surface area (Å²) in [6.07, 6.45) is 21.4. The molecule has 0 fully saturated rings. The number of rotatable bonds is 23. The van der Waals surface area contributed by atoms with Crippen LogP contribution >= 0.6 is 0 Å². The van der Waals surface area contributed by atoms with Crippen LogP contribution in [0.3, 0.4) is 0 Å². The van der Waals surface area contributed by atoms with Gasteiger partial charge in [0.05, 0.1) is 0 Å². The van der Waals surface area contributed by atoms with E-state index in [4.69, 9.17) is 10.2 Å². The van der Waals surface area contributed by atoms with E-state index in [0.29, 0.717) is 24.3 Å². The van der Waals surface area contributed by atoms with E-state index in [2.05, 4.69) is 22.3 Å². The van der Waals surface area contributed by atoms with Crippen molar-refractivity contribution in [1.82, 2.24) is 5.32 Å². The lowest BCUT2D eigenvalue weighted by Crippen LogP contribution is -2.35. The van der Waals surface area contributed by atoms with E-state index in [1.54, 1.807) is 0 Å². The van der Waals surface area contributed by atoms with Crippen LogP contribution in [0, 0.1) is 0 Å². The Kier molecular flexibility index (Phi) is 15.1. The Morgan fingerprint density at radius 2 is 0.950 bits per heavy atom.